The molecule has 0 spiro atoms. The standard InChI is InChI=1S/C19H23I3N2O11/c1-7(25)35-16(34-4)8(33-3)5-23-17(29)19(18(30)31)13(21)10(15(27)28)11(20)12(14(19)22)24-9(26)6-32-2/h8,13,16H,5-6H2,1-4H3,(H,23,29)(H,24,26)(H,27,28)(H,30,31). The van der Waals surface area contributed by atoms with Gasteiger partial charge in [-0.05, 0) is 45.2 Å². The number of nitrogens with one attached hydrogen (secondary N) is 2. The van der Waals surface area contributed by atoms with Gasteiger partial charge in [0.25, 0.3) is 0 Å². The summed E-state index contributed by atoms with van der Waals surface area (Å²) in [5.74, 6) is -5.52. The fourth-order valence-electron chi connectivity index (χ4n) is 3.06. The minimum absolute atomic E-state index is 0.0668. The number of allylic oxidation sites excluding steroid dienone is 1. The number of aliphatic carboxylic acids is 2. The Morgan fingerprint density at radius 2 is 1.69 bits per heavy atom. The highest BCUT2D eigenvalue weighted by Crippen LogP contribution is 2.51. The van der Waals surface area contributed by atoms with Crippen LogP contribution in [0.2, 0.25) is 0 Å². The highest BCUT2D eigenvalue weighted by atomic mass is 127. The Bertz CT molecular complexity index is 952. The van der Waals surface area contributed by atoms with Gasteiger partial charge in [-0.25, -0.2) is 4.79 Å². The number of alkyl halides is 1. The molecule has 0 aliphatic heterocycles. The van der Waals surface area contributed by atoms with Crippen LogP contribution in [0.5, 0.6) is 0 Å². The number of amides is 2. The van der Waals surface area contributed by atoms with Crippen LogP contribution in [0, 0.1) is 5.41 Å². The zero-order valence-corrected chi connectivity index (χ0v) is 25.3. The van der Waals surface area contributed by atoms with E-state index in [4.69, 9.17) is 18.9 Å². The summed E-state index contributed by atoms with van der Waals surface area (Å²) in [6.07, 6.45) is -2.23. The van der Waals surface area contributed by atoms with Gasteiger partial charge in [0.15, 0.2) is 5.41 Å². The molecule has 0 fully saturated rings. The van der Waals surface area contributed by atoms with Gasteiger partial charge in [0.1, 0.15) is 12.7 Å². The number of carbonyl (C=O) groups excluding carboxylic acids is 3. The van der Waals surface area contributed by atoms with Crippen LogP contribution in [0.15, 0.2) is 18.4 Å². The van der Waals surface area contributed by atoms with Crippen LogP contribution in [0.1, 0.15) is 6.92 Å². The Hall–Kier alpha value is -1.10. The van der Waals surface area contributed by atoms with E-state index in [0.717, 1.165) is 6.92 Å². The Morgan fingerprint density at radius 3 is 2.11 bits per heavy atom. The van der Waals surface area contributed by atoms with Gasteiger partial charge >= 0.3 is 17.9 Å². The Morgan fingerprint density at radius 1 is 1.09 bits per heavy atom. The first-order valence-corrected chi connectivity index (χ1v) is 12.9. The topological polar surface area (TPSA) is 187 Å². The summed E-state index contributed by atoms with van der Waals surface area (Å²) in [6, 6.07) is 0. The number of carbonyl (C=O) groups is 5. The van der Waals surface area contributed by atoms with Crippen LogP contribution >= 0.6 is 67.8 Å². The maximum Gasteiger partial charge on any atom is 0.333 e. The van der Waals surface area contributed by atoms with Crippen molar-refractivity contribution in [1.82, 2.24) is 10.6 Å². The number of halogens is 3. The molecule has 1 rings (SSSR count). The molecule has 0 saturated carbocycles. The van der Waals surface area contributed by atoms with E-state index in [1.54, 1.807) is 67.8 Å². The van der Waals surface area contributed by atoms with Crippen LogP contribution in [0.25, 0.3) is 0 Å². The van der Waals surface area contributed by atoms with Crippen molar-refractivity contribution in [3.63, 3.8) is 0 Å². The van der Waals surface area contributed by atoms with Crippen LogP contribution < -0.4 is 10.6 Å². The molecule has 1 aliphatic rings. The highest BCUT2D eigenvalue weighted by Gasteiger charge is 2.60. The molecule has 196 valence electrons. The van der Waals surface area contributed by atoms with Crippen molar-refractivity contribution < 1.29 is 53.1 Å². The number of rotatable bonds is 12. The number of carboxylic acid groups (broad SMARTS) is 2. The van der Waals surface area contributed by atoms with Crippen molar-refractivity contribution in [1.29, 1.82) is 0 Å². The molecule has 2 amide bonds. The summed E-state index contributed by atoms with van der Waals surface area (Å²) in [7, 11) is 3.78. The third-order valence-corrected chi connectivity index (χ3v) is 8.77. The molecule has 0 heterocycles. The Balaban J connectivity index is 3.55. The van der Waals surface area contributed by atoms with Crippen molar-refractivity contribution >= 4 is 97.5 Å². The van der Waals surface area contributed by atoms with Crippen molar-refractivity contribution in [3.8, 4) is 0 Å². The number of methoxy groups -OCH3 is 3. The lowest BCUT2D eigenvalue weighted by molar-refractivity contribution is -0.196. The summed E-state index contributed by atoms with van der Waals surface area (Å²) < 4.78 is 18.6. The average molecular weight is 836 g/mol. The zero-order valence-electron chi connectivity index (χ0n) is 18.8. The highest BCUT2D eigenvalue weighted by molar-refractivity contribution is 14.1. The fraction of sp³-hybridized carbons (Fsp3) is 0.526. The zero-order chi connectivity index (χ0) is 27.1. The van der Waals surface area contributed by atoms with Crippen LogP contribution in [0.3, 0.4) is 0 Å². The molecule has 0 radical (unpaired) electrons. The van der Waals surface area contributed by atoms with Gasteiger partial charge in [-0.1, -0.05) is 22.6 Å². The molecule has 0 aromatic carbocycles. The third kappa shape index (κ3) is 7.02. The molecular formula is C19H23I3N2O11. The minimum atomic E-state index is -2.43. The van der Waals surface area contributed by atoms with Gasteiger partial charge < -0.3 is 39.8 Å². The molecule has 35 heavy (non-hydrogen) atoms. The average Bonchev–Trinajstić information content (AvgIpc) is 2.75. The van der Waals surface area contributed by atoms with Gasteiger partial charge in [-0.2, -0.15) is 0 Å². The second-order valence-corrected chi connectivity index (χ2v) is 10.3. The summed E-state index contributed by atoms with van der Waals surface area (Å²) in [4.78, 5) is 61.7. The summed E-state index contributed by atoms with van der Waals surface area (Å²) in [5.41, 5.74) is -2.94. The molecule has 4 atom stereocenters. The molecule has 0 saturated heterocycles. The molecule has 13 nitrogen and oxygen atoms in total. The van der Waals surface area contributed by atoms with E-state index in [1.165, 1.54) is 21.3 Å². The number of hydrogen-bond acceptors (Lipinski definition) is 9. The number of hydrogen-bond donors (Lipinski definition) is 4. The van der Waals surface area contributed by atoms with Crippen LogP contribution in [-0.2, 0) is 42.9 Å². The number of ether oxygens (including phenoxy) is 4. The van der Waals surface area contributed by atoms with Crippen LogP contribution in [-0.4, -0.2) is 90.7 Å². The van der Waals surface area contributed by atoms with Crippen molar-refractivity contribution in [3.05, 3.63) is 18.4 Å². The van der Waals surface area contributed by atoms with Gasteiger partial charge in [0.05, 0.1) is 15.2 Å². The molecule has 0 aromatic rings. The third-order valence-electron chi connectivity index (χ3n) is 4.71. The van der Waals surface area contributed by atoms with E-state index < -0.39 is 51.5 Å². The van der Waals surface area contributed by atoms with Gasteiger partial charge in [0.2, 0.25) is 18.1 Å². The molecular weight excluding hydrogens is 813 g/mol. The summed E-state index contributed by atoms with van der Waals surface area (Å²) in [6.45, 7) is 0.412. The van der Waals surface area contributed by atoms with Gasteiger partial charge in [-0.15, -0.1) is 0 Å². The Labute approximate surface area is 241 Å². The van der Waals surface area contributed by atoms with E-state index in [-0.39, 0.29) is 31.6 Å². The minimum Gasteiger partial charge on any atom is -0.480 e. The molecule has 4 N–H and O–H groups in total. The molecule has 0 aromatic heterocycles. The molecule has 4 unspecified atom stereocenters. The van der Waals surface area contributed by atoms with E-state index in [0.29, 0.717) is 0 Å². The van der Waals surface area contributed by atoms with E-state index >= 15 is 0 Å². The SMILES string of the molecule is COCC(=O)NC1=C(I)C(C(=O)O)(C(=O)NCC(OC)C(OC)OC(C)=O)C(I)C(C(=O)O)=C1I. The smallest absolute Gasteiger partial charge is 0.333 e. The predicted octanol–water partition coefficient (Wildman–Crippen LogP) is 0.724. The number of carboxylic acids is 2. The summed E-state index contributed by atoms with van der Waals surface area (Å²) >= 11 is 4.88. The van der Waals surface area contributed by atoms with Crippen molar-refractivity contribution in [2.45, 2.75) is 23.2 Å². The first-order valence-electron chi connectivity index (χ1n) is 9.51. The lowest BCUT2D eigenvalue weighted by atomic mass is 9.76. The second kappa shape index (κ2) is 14.0. The van der Waals surface area contributed by atoms with E-state index in [9.17, 15) is 34.2 Å². The Kier molecular flexibility index (Phi) is 12.8. The molecule has 16 heteroatoms. The van der Waals surface area contributed by atoms with Gasteiger partial charge in [0, 0.05) is 42.0 Å². The predicted molar refractivity (Wildman–Crippen MR) is 144 cm³/mol. The monoisotopic (exact) mass is 836 g/mol. The largest absolute Gasteiger partial charge is 0.480 e. The van der Waals surface area contributed by atoms with E-state index in [1.807, 2.05) is 0 Å². The van der Waals surface area contributed by atoms with Crippen molar-refractivity contribution in [2.75, 3.05) is 34.5 Å². The summed E-state index contributed by atoms with van der Waals surface area (Å²) in [5, 5.41) is 25.0. The molecule has 0 bridgehead atoms. The first kappa shape index (κ1) is 31.9. The first-order chi connectivity index (χ1) is 16.3. The van der Waals surface area contributed by atoms with E-state index in [2.05, 4.69) is 10.6 Å². The van der Waals surface area contributed by atoms with Gasteiger partial charge in [-0.3, -0.25) is 19.2 Å². The maximum atomic E-state index is 13.5. The fourth-order valence-corrected chi connectivity index (χ4v) is 8.35. The lowest BCUT2D eigenvalue weighted by Gasteiger charge is -2.38. The lowest BCUT2D eigenvalue weighted by Crippen LogP contribution is -2.57. The normalized spacial score (nSPS) is 21.7. The maximum absolute atomic E-state index is 13.5. The van der Waals surface area contributed by atoms with Crippen LogP contribution in [0.4, 0.5) is 0 Å². The quantitative estimate of drug-likeness (QED) is 0.0714. The molecule has 1 aliphatic carbocycles. The second-order valence-electron chi connectivity index (χ2n) is 6.88. The van der Waals surface area contributed by atoms with Crippen molar-refractivity contribution in [2.24, 2.45) is 5.41 Å². The number of esters is 1.